The maximum absolute atomic E-state index is 11.4. The molecule has 0 radical (unpaired) electrons. The summed E-state index contributed by atoms with van der Waals surface area (Å²) in [7, 11) is 2.07. The topological polar surface area (TPSA) is 76.0 Å². The minimum Gasteiger partial charge on any atom is -0.347 e. The summed E-state index contributed by atoms with van der Waals surface area (Å²) < 4.78 is 1.75. The van der Waals surface area contributed by atoms with Gasteiger partial charge in [-0.3, -0.25) is 10.1 Å². The summed E-state index contributed by atoms with van der Waals surface area (Å²) in [6.07, 6.45) is 3.81. The van der Waals surface area contributed by atoms with E-state index in [1.54, 1.807) is 23.0 Å². The quantitative estimate of drug-likeness (QED) is 0.168. The van der Waals surface area contributed by atoms with Gasteiger partial charge < -0.3 is 4.90 Å². The molecule has 0 atom stereocenters. The molecule has 0 aliphatic carbocycles. The van der Waals surface area contributed by atoms with Crippen molar-refractivity contribution < 1.29 is 4.92 Å². The summed E-state index contributed by atoms with van der Waals surface area (Å²) in [5.41, 5.74) is 6.78. The lowest BCUT2D eigenvalue weighted by Gasteiger charge is -2.23. The van der Waals surface area contributed by atoms with Gasteiger partial charge in [0.1, 0.15) is 0 Å². The maximum Gasteiger partial charge on any atom is 0.270 e. The average molecular weight is 510 g/mol. The van der Waals surface area contributed by atoms with Gasteiger partial charge in [0.2, 0.25) is 4.80 Å². The second-order valence-electron chi connectivity index (χ2n) is 9.44. The first-order chi connectivity index (χ1) is 17.8. The van der Waals surface area contributed by atoms with E-state index in [-0.39, 0.29) is 16.0 Å². The van der Waals surface area contributed by atoms with Crippen LogP contribution in [0.15, 0.2) is 100 Å². The highest BCUT2D eigenvalue weighted by molar-refractivity contribution is 7.07. The van der Waals surface area contributed by atoms with Crippen molar-refractivity contribution in [2.75, 3.05) is 11.9 Å². The van der Waals surface area contributed by atoms with Crippen molar-refractivity contribution in [1.82, 2.24) is 4.68 Å². The van der Waals surface area contributed by atoms with E-state index < -0.39 is 0 Å². The van der Waals surface area contributed by atoms with Crippen molar-refractivity contribution in [2.45, 2.75) is 26.2 Å². The fraction of sp³-hybridized carbons (Fsp3) is 0.172. The van der Waals surface area contributed by atoms with Crippen LogP contribution in [0.2, 0.25) is 0 Å². The number of fused-ring (bicyclic) bond motifs is 1. The Balaban J connectivity index is 1.62. The standard InChI is InChI=1S/C29H27N5O2S/c1-20-10-5-7-14-24(20)31-28-33(26(19-37-28)21-11-9-12-22(18-21)34(35)36)30-17-16-27-29(2,3)23-13-6-8-15-25(23)32(27)4/h5-19H,1-4H3. The molecule has 0 spiro atoms. The lowest BCUT2D eigenvalue weighted by atomic mass is 9.84. The molecule has 0 bridgehead atoms. The summed E-state index contributed by atoms with van der Waals surface area (Å²) in [5.74, 6) is 0. The highest BCUT2D eigenvalue weighted by Gasteiger charge is 2.37. The number of aryl methyl sites for hydroxylation is 1. The van der Waals surface area contributed by atoms with Crippen LogP contribution in [-0.4, -0.2) is 22.9 Å². The normalized spacial score (nSPS) is 16.1. The Bertz CT molecular complexity index is 1630. The minimum atomic E-state index is -0.387. The summed E-state index contributed by atoms with van der Waals surface area (Å²) in [4.78, 5) is 18.8. The number of anilines is 1. The number of hydrogen-bond donors (Lipinski definition) is 0. The number of hydrogen-bond acceptors (Lipinski definition) is 6. The third-order valence-corrected chi connectivity index (χ3v) is 7.54. The van der Waals surface area contributed by atoms with Gasteiger partial charge >= 0.3 is 0 Å². The van der Waals surface area contributed by atoms with E-state index in [0.717, 1.165) is 22.6 Å². The smallest absolute Gasteiger partial charge is 0.270 e. The maximum atomic E-state index is 11.4. The molecule has 0 saturated carbocycles. The molecule has 1 aliphatic rings. The molecule has 0 N–H and O–H groups in total. The van der Waals surface area contributed by atoms with E-state index in [4.69, 9.17) is 10.1 Å². The molecule has 5 rings (SSSR count). The molecular weight excluding hydrogens is 482 g/mol. The molecule has 1 aliphatic heterocycles. The van der Waals surface area contributed by atoms with Crippen LogP contribution >= 0.6 is 11.3 Å². The van der Waals surface area contributed by atoms with Crippen LogP contribution in [0.5, 0.6) is 0 Å². The molecule has 0 fully saturated rings. The molecule has 8 heteroatoms. The van der Waals surface area contributed by atoms with Gasteiger partial charge in [-0.05, 0) is 36.3 Å². The molecule has 1 aromatic heterocycles. The van der Waals surface area contributed by atoms with E-state index in [9.17, 15) is 10.1 Å². The zero-order valence-corrected chi connectivity index (χ0v) is 21.9. The summed E-state index contributed by atoms with van der Waals surface area (Å²) >= 11 is 1.44. The molecule has 2 heterocycles. The largest absolute Gasteiger partial charge is 0.347 e. The molecule has 0 amide bonds. The van der Waals surface area contributed by atoms with Gasteiger partial charge in [-0.1, -0.05) is 62.4 Å². The van der Waals surface area contributed by atoms with Crippen LogP contribution in [-0.2, 0) is 5.41 Å². The van der Waals surface area contributed by atoms with Crippen molar-refractivity contribution in [1.29, 1.82) is 0 Å². The Morgan fingerprint density at radius 2 is 1.78 bits per heavy atom. The minimum absolute atomic E-state index is 0.0332. The van der Waals surface area contributed by atoms with Crippen LogP contribution in [0.1, 0.15) is 25.0 Å². The van der Waals surface area contributed by atoms with Gasteiger partial charge in [0.25, 0.3) is 5.69 Å². The fourth-order valence-electron chi connectivity index (χ4n) is 4.73. The number of non-ortho nitro benzene ring substituents is 1. The van der Waals surface area contributed by atoms with E-state index in [0.29, 0.717) is 10.4 Å². The van der Waals surface area contributed by atoms with Gasteiger partial charge in [0, 0.05) is 53.1 Å². The zero-order chi connectivity index (χ0) is 26.2. The third kappa shape index (κ3) is 4.51. The highest BCUT2D eigenvalue weighted by atomic mass is 32.1. The van der Waals surface area contributed by atoms with Crippen molar-refractivity contribution in [2.24, 2.45) is 10.1 Å². The summed E-state index contributed by atoms with van der Waals surface area (Å²) in [6, 6.07) is 22.9. The van der Waals surface area contributed by atoms with Crippen LogP contribution < -0.4 is 9.70 Å². The number of nitrogens with zero attached hydrogens (tertiary/aromatic N) is 5. The van der Waals surface area contributed by atoms with Gasteiger partial charge in [-0.25, -0.2) is 9.67 Å². The van der Waals surface area contributed by atoms with Crippen molar-refractivity contribution in [3.8, 4) is 11.3 Å². The van der Waals surface area contributed by atoms with Crippen molar-refractivity contribution >= 4 is 34.6 Å². The second kappa shape index (κ2) is 9.63. The molecule has 4 aromatic rings. The fourth-order valence-corrected chi connectivity index (χ4v) is 5.58. The van der Waals surface area contributed by atoms with E-state index in [1.165, 1.54) is 28.7 Å². The van der Waals surface area contributed by atoms with Crippen LogP contribution in [0, 0.1) is 17.0 Å². The number of nitro benzene ring substituents is 1. The third-order valence-electron chi connectivity index (χ3n) is 6.72. The Morgan fingerprint density at radius 3 is 2.54 bits per heavy atom. The molecule has 3 aromatic carbocycles. The second-order valence-corrected chi connectivity index (χ2v) is 10.3. The predicted molar refractivity (Wildman–Crippen MR) is 151 cm³/mol. The Labute approximate surface area is 219 Å². The van der Waals surface area contributed by atoms with Gasteiger partial charge in [-0.15, -0.1) is 11.3 Å². The first-order valence-electron chi connectivity index (χ1n) is 11.9. The predicted octanol–water partition coefficient (Wildman–Crippen LogP) is 6.81. The lowest BCUT2D eigenvalue weighted by molar-refractivity contribution is -0.384. The van der Waals surface area contributed by atoms with E-state index in [1.807, 2.05) is 54.8 Å². The first kappa shape index (κ1) is 24.4. The van der Waals surface area contributed by atoms with Gasteiger partial charge in [0.15, 0.2) is 0 Å². The number of likely N-dealkylation sites (N-methyl/N-ethyl adjacent to an activating group) is 1. The molecular formula is C29H27N5O2S. The van der Waals surface area contributed by atoms with Gasteiger partial charge in [0.05, 0.1) is 16.3 Å². The molecule has 0 unspecified atom stereocenters. The summed E-state index contributed by atoms with van der Waals surface area (Å²) in [6.45, 7) is 6.43. The number of benzene rings is 3. The Kier molecular flexibility index (Phi) is 6.35. The Hall–Kier alpha value is -4.30. The molecule has 186 valence electrons. The number of rotatable bonds is 5. The Morgan fingerprint density at radius 1 is 1.03 bits per heavy atom. The highest BCUT2D eigenvalue weighted by Crippen LogP contribution is 2.46. The molecule has 37 heavy (non-hydrogen) atoms. The number of nitro groups is 1. The van der Waals surface area contributed by atoms with E-state index >= 15 is 0 Å². The van der Waals surface area contributed by atoms with Crippen molar-refractivity contribution in [3.05, 3.63) is 116 Å². The zero-order valence-electron chi connectivity index (χ0n) is 21.1. The number of allylic oxidation sites excluding steroid dienone is 2. The SMILES string of the molecule is Cc1ccccc1N=c1scc(-c2cccc([N+](=O)[O-])c2)n1N=CC=C1N(C)c2ccccc2C1(C)C. The number of thiazole rings is 1. The van der Waals surface area contributed by atoms with Crippen LogP contribution in [0.4, 0.5) is 17.1 Å². The average Bonchev–Trinajstić information content (AvgIpc) is 3.37. The van der Waals surface area contributed by atoms with Crippen molar-refractivity contribution in [3.63, 3.8) is 0 Å². The van der Waals surface area contributed by atoms with Crippen LogP contribution in [0.3, 0.4) is 0 Å². The first-order valence-corrected chi connectivity index (χ1v) is 12.8. The molecule has 0 saturated heterocycles. The lowest BCUT2D eigenvalue weighted by Crippen LogP contribution is -2.23. The number of aromatic nitrogens is 1. The van der Waals surface area contributed by atoms with Crippen LogP contribution in [0.25, 0.3) is 11.3 Å². The summed E-state index contributed by atoms with van der Waals surface area (Å²) in [5, 5.41) is 18.1. The molecule has 7 nitrogen and oxygen atoms in total. The number of para-hydroxylation sites is 2. The monoisotopic (exact) mass is 509 g/mol. The van der Waals surface area contributed by atoms with Gasteiger partial charge in [-0.2, -0.15) is 5.10 Å². The van der Waals surface area contributed by atoms with E-state index in [2.05, 4.69) is 44.0 Å².